The normalized spacial score (nSPS) is 16.9. The number of amides is 1. The smallest absolute Gasteiger partial charge is 0.233 e. The SMILES string of the molecule is COCC1(C(=O)Nc2ccc(-n3ccnc3)nc2)CCNCC1. The monoisotopic (exact) mass is 315 g/mol. The van der Waals surface area contributed by atoms with Gasteiger partial charge in [0.1, 0.15) is 12.1 Å². The number of carbonyl (C=O) groups is 1. The van der Waals surface area contributed by atoms with E-state index in [2.05, 4.69) is 20.6 Å². The van der Waals surface area contributed by atoms with E-state index in [0.717, 1.165) is 31.7 Å². The zero-order valence-corrected chi connectivity index (χ0v) is 13.2. The fourth-order valence-electron chi connectivity index (χ4n) is 2.89. The predicted molar refractivity (Wildman–Crippen MR) is 86.4 cm³/mol. The van der Waals surface area contributed by atoms with E-state index in [1.807, 2.05) is 22.9 Å². The Kier molecular flexibility index (Phi) is 4.68. The van der Waals surface area contributed by atoms with Crippen molar-refractivity contribution in [1.29, 1.82) is 0 Å². The Morgan fingerprint density at radius 2 is 2.26 bits per heavy atom. The molecule has 7 nitrogen and oxygen atoms in total. The van der Waals surface area contributed by atoms with Gasteiger partial charge in [0, 0.05) is 19.5 Å². The van der Waals surface area contributed by atoms with Crippen molar-refractivity contribution in [3.63, 3.8) is 0 Å². The molecule has 1 saturated heterocycles. The van der Waals surface area contributed by atoms with Crippen LogP contribution >= 0.6 is 0 Å². The number of hydrogen-bond acceptors (Lipinski definition) is 5. The molecule has 0 bridgehead atoms. The highest BCUT2D eigenvalue weighted by molar-refractivity contribution is 5.95. The Balaban J connectivity index is 1.71. The van der Waals surface area contributed by atoms with Crippen LogP contribution in [0.25, 0.3) is 5.82 Å². The number of anilines is 1. The molecule has 2 N–H and O–H groups in total. The van der Waals surface area contributed by atoms with Crippen LogP contribution in [0.4, 0.5) is 5.69 Å². The van der Waals surface area contributed by atoms with Gasteiger partial charge in [-0.15, -0.1) is 0 Å². The molecule has 3 heterocycles. The topological polar surface area (TPSA) is 81.1 Å². The molecule has 1 fully saturated rings. The summed E-state index contributed by atoms with van der Waals surface area (Å²) in [7, 11) is 1.64. The first-order chi connectivity index (χ1) is 11.2. The molecule has 122 valence electrons. The first kappa shape index (κ1) is 15.6. The second-order valence-corrected chi connectivity index (χ2v) is 5.79. The average Bonchev–Trinajstić information content (AvgIpc) is 3.11. The predicted octanol–water partition coefficient (Wildman–Crippen LogP) is 1.22. The van der Waals surface area contributed by atoms with Crippen LogP contribution in [-0.4, -0.2) is 47.2 Å². The van der Waals surface area contributed by atoms with Crippen molar-refractivity contribution < 1.29 is 9.53 Å². The minimum atomic E-state index is -0.469. The van der Waals surface area contributed by atoms with E-state index in [1.165, 1.54) is 0 Å². The molecule has 1 amide bonds. The van der Waals surface area contributed by atoms with Crippen LogP contribution < -0.4 is 10.6 Å². The third-order valence-corrected chi connectivity index (χ3v) is 4.24. The molecule has 0 radical (unpaired) electrons. The number of methoxy groups -OCH3 is 1. The van der Waals surface area contributed by atoms with Crippen molar-refractivity contribution in [2.75, 3.05) is 32.1 Å². The number of rotatable bonds is 5. The zero-order valence-electron chi connectivity index (χ0n) is 13.2. The third-order valence-electron chi connectivity index (χ3n) is 4.24. The Morgan fingerprint density at radius 3 is 2.87 bits per heavy atom. The standard InChI is InChI=1S/C16H21N5O2/c1-23-11-16(4-6-17-7-5-16)15(22)20-13-2-3-14(19-10-13)21-9-8-18-12-21/h2-3,8-10,12,17H,4-7,11H2,1H3,(H,20,22). The largest absolute Gasteiger partial charge is 0.384 e. The van der Waals surface area contributed by atoms with E-state index in [9.17, 15) is 4.79 Å². The lowest BCUT2D eigenvalue weighted by Gasteiger charge is -2.35. The van der Waals surface area contributed by atoms with Crippen molar-refractivity contribution in [3.05, 3.63) is 37.1 Å². The number of ether oxygens (including phenoxy) is 1. The fraction of sp³-hybridized carbons (Fsp3) is 0.438. The minimum Gasteiger partial charge on any atom is -0.384 e. The average molecular weight is 315 g/mol. The Morgan fingerprint density at radius 1 is 1.43 bits per heavy atom. The molecule has 23 heavy (non-hydrogen) atoms. The third kappa shape index (κ3) is 3.40. The summed E-state index contributed by atoms with van der Waals surface area (Å²) >= 11 is 0. The molecule has 0 atom stereocenters. The molecule has 3 rings (SSSR count). The van der Waals surface area contributed by atoms with Gasteiger partial charge >= 0.3 is 0 Å². The summed E-state index contributed by atoms with van der Waals surface area (Å²) in [5.41, 5.74) is 0.219. The summed E-state index contributed by atoms with van der Waals surface area (Å²) in [6.07, 6.45) is 8.41. The molecule has 0 unspecified atom stereocenters. The van der Waals surface area contributed by atoms with Crippen LogP contribution in [0.2, 0.25) is 0 Å². The van der Waals surface area contributed by atoms with Gasteiger partial charge in [0.05, 0.1) is 23.9 Å². The minimum absolute atomic E-state index is 0.00182. The van der Waals surface area contributed by atoms with Crippen LogP contribution in [-0.2, 0) is 9.53 Å². The number of pyridine rings is 1. The molecule has 2 aromatic heterocycles. The lowest BCUT2D eigenvalue weighted by atomic mass is 9.78. The molecule has 0 aliphatic carbocycles. The highest BCUT2D eigenvalue weighted by atomic mass is 16.5. The maximum absolute atomic E-state index is 12.7. The van der Waals surface area contributed by atoms with Crippen LogP contribution in [0.15, 0.2) is 37.1 Å². The van der Waals surface area contributed by atoms with Crippen LogP contribution in [0, 0.1) is 5.41 Å². The van der Waals surface area contributed by atoms with Crippen LogP contribution in [0.3, 0.4) is 0 Å². The van der Waals surface area contributed by atoms with Gasteiger partial charge in [0.25, 0.3) is 0 Å². The number of nitrogens with zero attached hydrogens (tertiary/aromatic N) is 3. The summed E-state index contributed by atoms with van der Waals surface area (Å²) in [6.45, 7) is 2.09. The highest BCUT2D eigenvalue weighted by Crippen LogP contribution is 2.30. The van der Waals surface area contributed by atoms with Crippen molar-refractivity contribution in [1.82, 2.24) is 19.9 Å². The Labute approximate surface area is 135 Å². The molecule has 0 aromatic carbocycles. The highest BCUT2D eigenvalue weighted by Gasteiger charge is 2.39. The molecule has 2 aromatic rings. The quantitative estimate of drug-likeness (QED) is 0.867. The number of aromatic nitrogens is 3. The first-order valence-electron chi connectivity index (χ1n) is 7.69. The van der Waals surface area contributed by atoms with Crippen LogP contribution in [0.5, 0.6) is 0 Å². The van der Waals surface area contributed by atoms with Crippen molar-refractivity contribution in [3.8, 4) is 5.82 Å². The Hall–Kier alpha value is -2.25. The summed E-state index contributed by atoms with van der Waals surface area (Å²) in [5, 5.41) is 6.26. The van der Waals surface area contributed by atoms with Crippen molar-refractivity contribution in [2.45, 2.75) is 12.8 Å². The summed E-state index contributed by atoms with van der Waals surface area (Å²) in [5.74, 6) is 0.756. The van der Waals surface area contributed by atoms with Crippen molar-refractivity contribution >= 4 is 11.6 Å². The lowest BCUT2D eigenvalue weighted by Crippen LogP contribution is -2.47. The van der Waals surface area contributed by atoms with Gasteiger partial charge in [-0.3, -0.25) is 9.36 Å². The van der Waals surface area contributed by atoms with E-state index < -0.39 is 5.41 Å². The van der Waals surface area contributed by atoms with Crippen molar-refractivity contribution in [2.24, 2.45) is 5.41 Å². The van der Waals surface area contributed by atoms with Gasteiger partial charge in [0.15, 0.2) is 0 Å². The van der Waals surface area contributed by atoms with E-state index in [0.29, 0.717) is 12.3 Å². The molecule has 1 aliphatic heterocycles. The number of carbonyl (C=O) groups excluding carboxylic acids is 1. The maximum atomic E-state index is 12.7. The number of hydrogen-bond donors (Lipinski definition) is 2. The molecule has 0 saturated carbocycles. The van der Waals surface area contributed by atoms with E-state index in [-0.39, 0.29) is 5.91 Å². The number of piperidine rings is 1. The second-order valence-electron chi connectivity index (χ2n) is 5.79. The first-order valence-corrected chi connectivity index (χ1v) is 7.69. The fourth-order valence-corrected chi connectivity index (χ4v) is 2.89. The summed E-state index contributed by atoms with van der Waals surface area (Å²) < 4.78 is 7.11. The van der Waals surface area contributed by atoms with Gasteiger partial charge < -0.3 is 15.4 Å². The molecule has 7 heteroatoms. The summed E-state index contributed by atoms with van der Waals surface area (Å²) in [6, 6.07) is 3.70. The van der Waals surface area contributed by atoms with Gasteiger partial charge in [0.2, 0.25) is 5.91 Å². The number of nitrogens with one attached hydrogen (secondary N) is 2. The van der Waals surface area contributed by atoms with E-state index in [4.69, 9.17) is 4.74 Å². The van der Waals surface area contributed by atoms with E-state index >= 15 is 0 Å². The maximum Gasteiger partial charge on any atom is 0.233 e. The molecule has 0 spiro atoms. The van der Waals surface area contributed by atoms with Gasteiger partial charge in [-0.25, -0.2) is 9.97 Å². The number of imidazole rings is 1. The van der Waals surface area contributed by atoms with E-state index in [1.54, 1.807) is 25.8 Å². The van der Waals surface area contributed by atoms with Gasteiger partial charge in [-0.1, -0.05) is 0 Å². The molecule has 1 aliphatic rings. The zero-order chi connectivity index (χ0) is 16.1. The van der Waals surface area contributed by atoms with Gasteiger partial charge in [-0.2, -0.15) is 0 Å². The Bertz CT molecular complexity index is 627. The summed E-state index contributed by atoms with van der Waals surface area (Å²) in [4.78, 5) is 21.1. The van der Waals surface area contributed by atoms with Crippen LogP contribution in [0.1, 0.15) is 12.8 Å². The molecular formula is C16H21N5O2. The second kappa shape index (κ2) is 6.89. The molecular weight excluding hydrogens is 294 g/mol. The lowest BCUT2D eigenvalue weighted by molar-refractivity contribution is -0.130. The van der Waals surface area contributed by atoms with Gasteiger partial charge in [-0.05, 0) is 38.1 Å².